The van der Waals surface area contributed by atoms with Gasteiger partial charge in [0, 0.05) is 24.9 Å². The first kappa shape index (κ1) is 25.2. The molecule has 1 N–H and O–H groups in total. The molecular weight excluding hydrogens is 474 g/mol. The van der Waals surface area contributed by atoms with Gasteiger partial charge in [-0.15, -0.1) is 0 Å². The topological polar surface area (TPSA) is 62.3 Å². The third-order valence-corrected chi connectivity index (χ3v) is 10.1. The SMILES string of the molecule is CN1C(=O)C(F)=C[C@]2(C)C3CC[C@]4(C)[C@@H](CC(=O)Nc5ccc(C(F)(F)F)nc5)CC[C@H]4C3CC[C@@H]12. The van der Waals surface area contributed by atoms with Crippen molar-refractivity contribution in [3.8, 4) is 0 Å². The standard InChI is InChI=1S/C27H33F4N3O2/c1-25-11-10-19-17(6-9-22-26(19,2)13-20(28)24(36)34(22)3)18(25)7-4-15(25)12-23(35)33-16-5-8-21(32-14-16)27(29,30)31/h5,8,13-15,17-19,22H,4,6-7,9-12H2,1-3H3,(H,33,35)/t15-,17?,18+,19?,22-,25-,26-/m1/s1. The van der Waals surface area contributed by atoms with E-state index in [0.717, 1.165) is 50.8 Å². The van der Waals surface area contributed by atoms with Crippen LogP contribution in [-0.2, 0) is 15.8 Å². The van der Waals surface area contributed by atoms with Gasteiger partial charge in [0.1, 0.15) is 5.69 Å². The number of hydrogen-bond donors (Lipinski definition) is 1. The minimum Gasteiger partial charge on any atom is -0.336 e. The second kappa shape index (κ2) is 8.55. The number of nitrogens with zero attached hydrogens (tertiary/aromatic N) is 2. The predicted molar refractivity (Wildman–Crippen MR) is 126 cm³/mol. The van der Waals surface area contributed by atoms with Crippen LogP contribution in [0.3, 0.4) is 0 Å². The summed E-state index contributed by atoms with van der Waals surface area (Å²) >= 11 is 0. The highest BCUT2D eigenvalue weighted by atomic mass is 19.4. The van der Waals surface area contributed by atoms with Crippen LogP contribution < -0.4 is 5.32 Å². The summed E-state index contributed by atoms with van der Waals surface area (Å²) in [6.07, 6.45) is 4.08. The van der Waals surface area contributed by atoms with Crippen LogP contribution in [0.4, 0.5) is 23.2 Å². The van der Waals surface area contributed by atoms with E-state index in [-0.39, 0.29) is 34.4 Å². The molecule has 0 saturated heterocycles. The number of amides is 2. The maximum Gasteiger partial charge on any atom is 0.433 e. The first-order chi connectivity index (χ1) is 16.8. The van der Waals surface area contributed by atoms with Crippen molar-refractivity contribution >= 4 is 17.5 Å². The summed E-state index contributed by atoms with van der Waals surface area (Å²) in [4.78, 5) is 30.1. The van der Waals surface area contributed by atoms with Gasteiger partial charge in [0.2, 0.25) is 5.91 Å². The molecule has 36 heavy (non-hydrogen) atoms. The van der Waals surface area contributed by atoms with Crippen LogP contribution in [0.1, 0.15) is 64.5 Å². The largest absolute Gasteiger partial charge is 0.433 e. The van der Waals surface area contributed by atoms with Crippen LogP contribution in [-0.4, -0.2) is 34.8 Å². The van der Waals surface area contributed by atoms with Crippen LogP contribution in [0.15, 0.2) is 30.2 Å². The van der Waals surface area contributed by atoms with Gasteiger partial charge in [-0.05, 0) is 85.8 Å². The van der Waals surface area contributed by atoms with Gasteiger partial charge in [-0.25, -0.2) is 9.37 Å². The summed E-state index contributed by atoms with van der Waals surface area (Å²) in [6.45, 7) is 4.39. The molecule has 0 spiro atoms. The number of nitrogens with one attached hydrogen (secondary N) is 1. The highest BCUT2D eigenvalue weighted by molar-refractivity contribution is 5.92. The highest BCUT2D eigenvalue weighted by Gasteiger charge is 2.61. The van der Waals surface area contributed by atoms with Gasteiger partial charge in [0.25, 0.3) is 5.91 Å². The molecule has 1 aliphatic heterocycles. The highest BCUT2D eigenvalue weighted by Crippen LogP contribution is 2.66. The van der Waals surface area contributed by atoms with Crippen molar-refractivity contribution in [3.05, 3.63) is 35.9 Å². The summed E-state index contributed by atoms with van der Waals surface area (Å²) in [5.41, 5.74) is -1.14. The summed E-state index contributed by atoms with van der Waals surface area (Å²) in [7, 11) is 1.71. The Labute approximate surface area is 208 Å². The van der Waals surface area contributed by atoms with E-state index in [1.807, 2.05) is 0 Å². The lowest BCUT2D eigenvalue weighted by Crippen LogP contribution is -2.60. The minimum atomic E-state index is -4.52. The number of halogens is 4. The Kier molecular flexibility index (Phi) is 5.99. The fourth-order valence-corrected chi connectivity index (χ4v) is 8.35. The van der Waals surface area contributed by atoms with Crippen molar-refractivity contribution in [1.29, 1.82) is 0 Å². The Balaban J connectivity index is 1.28. The summed E-state index contributed by atoms with van der Waals surface area (Å²) < 4.78 is 52.8. The normalized spacial score (nSPS) is 38.1. The van der Waals surface area contributed by atoms with Gasteiger partial charge in [-0.2, -0.15) is 13.2 Å². The molecule has 3 saturated carbocycles. The van der Waals surface area contributed by atoms with Crippen LogP contribution in [0, 0.1) is 34.5 Å². The molecule has 4 aliphatic rings. The molecule has 3 aliphatic carbocycles. The van der Waals surface area contributed by atoms with E-state index in [0.29, 0.717) is 24.2 Å². The van der Waals surface area contributed by atoms with Crippen molar-refractivity contribution in [1.82, 2.24) is 9.88 Å². The molecule has 1 aromatic heterocycles. The number of fused-ring (bicyclic) bond motifs is 5. The average Bonchev–Trinajstić information content (AvgIpc) is 3.13. The lowest BCUT2D eigenvalue weighted by Gasteiger charge is -2.60. The van der Waals surface area contributed by atoms with E-state index >= 15 is 0 Å². The first-order valence-electron chi connectivity index (χ1n) is 12.8. The number of pyridine rings is 1. The Bertz CT molecular complexity index is 1090. The molecule has 0 aromatic carbocycles. The number of rotatable bonds is 3. The Morgan fingerprint density at radius 3 is 2.56 bits per heavy atom. The monoisotopic (exact) mass is 507 g/mol. The summed E-state index contributed by atoms with van der Waals surface area (Å²) in [6, 6.07) is 2.11. The fraction of sp³-hybridized carbons (Fsp3) is 0.667. The van der Waals surface area contributed by atoms with Gasteiger partial charge in [-0.3, -0.25) is 9.59 Å². The molecular formula is C27H33F4N3O2. The Hall–Kier alpha value is -2.45. The molecule has 7 atom stereocenters. The van der Waals surface area contributed by atoms with Crippen molar-refractivity contribution in [3.63, 3.8) is 0 Å². The number of alkyl halides is 3. The molecule has 1 aromatic rings. The number of hydrogen-bond acceptors (Lipinski definition) is 3. The molecule has 196 valence electrons. The third-order valence-electron chi connectivity index (χ3n) is 10.1. The third kappa shape index (κ3) is 3.93. The van der Waals surface area contributed by atoms with E-state index in [2.05, 4.69) is 24.1 Å². The molecule has 5 rings (SSSR count). The van der Waals surface area contributed by atoms with Gasteiger partial charge in [-0.1, -0.05) is 13.8 Å². The molecule has 2 amide bonds. The predicted octanol–water partition coefficient (Wildman–Crippen LogP) is 5.98. The van der Waals surface area contributed by atoms with Crippen LogP contribution in [0.5, 0.6) is 0 Å². The van der Waals surface area contributed by atoms with Crippen molar-refractivity contribution in [2.75, 3.05) is 12.4 Å². The van der Waals surface area contributed by atoms with Gasteiger partial charge < -0.3 is 10.2 Å². The average molecular weight is 508 g/mol. The molecule has 2 heterocycles. The quantitative estimate of drug-likeness (QED) is 0.512. The molecule has 9 heteroatoms. The van der Waals surface area contributed by atoms with Gasteiger partial charge in [0.05, 0.1) is 11.9 Å². The smallest absolute Gasteiger partial charge is 0.336 e. The van der Waals surface area contributed by atoms with Crippen molar-refractivity contribution < 1.29 is 27.2 Å². The number of carbonyl (C=O) groups excluding carboxylic acids is 2. The van der Waals surface area contributed by atoms with E-state index in [4.69, 9.17) is 0 Å². The lowest BCUT2D eigenvalue weighted by molar-refractivity contribution is -0.142. The lowest BCUT2D eigenvalue weighted by atomic mass is 9.47. The molecule has 0 radical (unpaired) electrons. The number of aromatic nitrogens is 1. The summed E-state index contributed by atoms with van der Waals surface area (Å²) in [5.74, 6) is -0.0585. The zero-order valence-electron chi connectivity index (χ0n) is 20.9. The van der Waals surface area contributed by atoms with Gasteiger partial charge >= 0.3 is 6.18 Å². The zero-order valence-corrected chi connectivity index (χ0v) is 20.9. The molecule has 2 unspecified atom stereocenters. The Morgan fingerprint density at radius 1 is 1.14 bits per heavy atom. The fourth-order valence-electron chi connectivity index (χ4n) is 8.35. The zero-order chi connectivity index (χ0) is 26.0. The second-order valence-electron chi connectivity index (χ2n) is 11.7. The number of anilines is 1. The summed E-state index contributed by atoms with van der Waals surface area (Å²) in [5, 5.41) is 2.72. The minimum absolute atomic E-state index is 0.00966. The van der Waals surface area contributed by atoms with E-state index in [1.54, 1.807) is 18.0 Å². The van der Waals surface area contributed by atoms with E-state index in [1.165, 1.54) is 6.07 Å². The van der Waals surface area contributed by atoms with E-state index in [9.17, 15) is 27.2 Å². The van der Waals surface area contributed by atoms with Crippen molar-refractivity contribution in [2.24, 2.45) is 34.5 Å². The molecule has 3 fully saturated rings. The maximum absolute atomic E-state index is 14.6. The van der Waals surface area contributed by atoms with Crippen LogP contribution >= 0.6 is 0 Å². The Morgan fingerprint density at radius 2 is 1.89 bits per heavy atom. The first-order valence-corrected chi connectivity index (χ1v) is 12.8. The second-order valence-corrected chi connectivity index (χ2v) is 11.7. The number of likely N-dealkylation sites (N-methyl/N-ethyl adjacent to an activating group) is 1. The van der Waals surface area contributed by atoms with Crippen LogP contribution in [0.25, 0.3) is 0 Å². The number of carbonyl (C=O) groups is 2. The molecule has 5 nitrogen and oxygen atoms in total. The maximum atomic E-state index is 14.6. The van der Waals surface area contributed by atoms with E-state index < -0.39 is 23.6 Å². The van der Waals surface area contributed by atoms with Crippen molar-refractivity contribution in [2.45, 2.75) is 71.0 Å². The molecule has 0 bridgehead atoms. The van der Waals surface area contributed by atoms with Gasteiger partial charge in [0.15, 0.2) is 5.83 Å². The van der Waals surface area contributed by atoms with Crippen LogP contribution in [0.2, 0.25) is 0 Å².